The van der Waals surface area contributed by atoms with Crippen LogP contribution in [0.15, 0.2) is 0 Å². The SMILES string of the molecule is CCOC(=O)OP(=S)(OC)OCC. The fourth-order valence-electron chi connectivity index (χ4n) is 0.510. The number of ether oxygens (including phenoxy) is 1. The van der Waals surface area contributed by atoms with E-state index in [1.54, 1.807) is 13.8 Å². The Bertz CT molecular complexity index is 207. The summed E-state index contributed by atoms with van der Waals surface area (Å²) in [5.74, 6) is 0. The van der Waals surface area contributed by atoms with Gasteiger partial charge in [0.1, 0.15) is 0 Å². The zero-order valence-electron chi connectivity index (χ0n) is 7.81. The van der Waals surface area contributed by atoms with Crippen molar-refractivity contribution in [3.05, 3.63) is 0 Å². The molecule has 0 bridgehead atoms. The van der Waals surface area contributed by atoms with Crippen LogP contribution in [0.1, 0.15) is 13.8 Å². The number of carbonyl (C=O) groups is 1. The van der Waals surface area contributed by atoms with Gasteiger partial charge in [-0.05, 0) is 13.8 Å². The van der Waals surface area contributed by atoms with Crippen LogP contribution >= 0.6 is 6.72 Å². The van der Waals surface area contributed by atoms with Crippen LogP contribution in [0.25, 0.3) is 0 Å². The molecule has 1 atom stereocenters. The second kappa shape index (κ2) is 6.32. The van der Waals surface area contributed by atoms with E-state index in [9.17, 15) is 4.79 Å². The van der Waals surface area contributed by atoms with Gasteiger partial charge >= 0.3 is 12.9 Å². The maximum absolute atomic E-state index is 10.8. The second-order valence-corrected chi connectivity index (χ2v) is 4.86. The molecule has 0 heterocycles. The van der Waals surface area contributed by atoms with Crippen molar-refractivity contribution in [1.29, 1.82) is 0 Å². The summed E-state index contributed by atoms with van der Waals surface area (Å²) in [5, 5.41) is 0. The smallest absolute Gasteiger partial charge is 0.434 e. The predicted molar refractivity (Wildman–Crippen MR) is 51.0 cm³/mol. The molecule has 0 aromatic rings. The molecular weight excluding hydrogens is 215 g/mol. The molecule has 7 heteroatoms. The predicted octanol–water partition coefficient (Wildman–Crippen LogP) is 2.07. The summed E-state index contributed by atoms with van der Waals surface area (Å²) >= 11 is 4.84. The summed E-state index contributed by atoms with van der Waals surface area (Å²) in [4.78, 5) is 10.8. The van der Waals surface area contributed by atoms with Crippen molar-refractivity contribution in [2.75, 3.05) is 20.3 Å². The Kier molecular flexibility index (Phi) is 6.24. The molecule has 0 aliphatic carbocycles. The standard InChI is InChI=1S/C6H13O5PS/c1-4-9-6(7)11-12(13,8-3)10-5-2/h4-5H2,1-3H3. The average Bonchev–Trinajstić information content (AvgIpc) is 2.05. The molecular formula is C6H13O5PS. The Labute approximate surface area is 82.6 Å². The summed E-state index contributed by atoms with van der Waals surface area (Å²) in [6, 6.07) is 0. The van der Waals surface area contributed by atoms with Crippen molar-refractivity contribution in [1.82, 2.24) is 0 Å². The van der Waals surface area contributed by atoms with Crippen molar-refractivity contribution in [2.24, 2.45) is 0 Å². The van der Waals surface area contributed by atoms with Crippen molar-refractivity contribution in [2.45, 2.75) is 13.8 Å². The van der Waals surface area contributed by atoms with Crippen LogP contribution in [0, 0.1) is 0 Å². The first-order chi connectivity index (χ1) is 6.08. The van der Waals surface area contributed by atoms with Crippen LogP contribution in [0.4, 0.5) is 4.79 Å². The Hall–Kier alpha value is -0.160. The highest BCUT2D eigenvalue weighted by Gasteiger charge is 2.23. The van der Waals surface area contributed by atoms with Gasteiger partial charge in [-0.2, -0.15) is 0 Å². The lowest BCUT2D eigenvalue weighted by atomic mass is 10.9. The monoisotopic (exact) mass is 228 g/mol. The third-order valence-corrected chi connectivity index (χ3v) is 3.34. The minimum absolute atomic E-state index is 0.226. The number of hydrogen-bond acceptors (Lipinski definition) is 6. The second-order valence-electron chi connectivity index (χ2n) is 1.82. The minimum atomic E-state index is -2.93. The van der Waals surface area contributed by atoms with E-state index >= 15 is 0 Å². The zero-order valence-corrected chi connectivity index (χ0v) is 9.52. The highest BCUT2D eigenvalue weighted by molar-refractivity contribution is 8.07. The van der Waals surface area contributed by atoms with Gasteiger partial charge in [0.2, 0.25) is 0 Å². The third kappa shape index (κ3) is 5.21. The Morgan fingerprint density at radius 3 is 2.38 bits per heavy atom. The van der Waals surface area contributed by atoms with Crippen molar-refractivity contribution in [3.8, 4) is 0 Å². The fourth-order valence-corrected chi connectivity index (χ4v) is 1.79. The van der Waals surface area contributed by atoms with E-state index in [0.29, 0.717) is 6.61 Å². The first kappa shape index (κ1) is 12.8. The fraction of sp³-hybridized carbons (Fsp3) is 0.833. The quantitative estimate of drug-likeness (QED) is 0.530. The van der Waals surface area contributed by atoms with Gasteiger partial charge in [0, 0.05) is 18.9 Å². The largest absolute Gasteiger partial charge is 0.514 e. The molecule has 0 radical (unpaired) electrons. The van der Waals surface area contributed by atoms with Gasteiger partial charge in [-0.25, -0.2) is 4.79 Å². The van der Waals surface area contributed by atoms with E-state index in [2.05, 4.69) is 9.26 Å². The molecule has 0 aliphatic rings. The molecule has 1 unspecified atom stereocenters. The Balaban J connectivity index is 4.10. The summed E-state index contributed by atoms with van der Waals surface area (Å²) in [5.41, 5.74) is 0. The Morgan fingerprint density at radius 1 is 1.38 bits per heavy atom. The van der Waals surface area contributed by atoms with Gasteiger partial charge in [0.25, 0.3) is 0 Å². The van der Waals surface area contributed by atoms with Gasteiger partial charge in [-0.1, -0.05) is 0 Å². The lowest BCUT2D eigenvalue weighted by Gasteiger charge is -2.17. The molecule has 0 amide bonds. The highest BCUT2D eigenvalue weighted by Crippen LogP contribution is 2.49. The van der Waals surface area contributed by atoms with Crippen molar-refractivity contribution < 1.29 is 23.1 Å². The van der Waals surface area contributed by atoms with Crippen molar-refractivity contribution >= 4 is 24.7 Å². The maximum atomic E-state index is 10.8. The molecule has 0 fully saturated rings. The van der Waals surface area contributed by atoms with Gasteiger partial charge < -0.3 is 13.8 Å². The molecule has 0 N–H and O–H groups in total. The first-order valence-corrected chi connectivity index (χ1v) is 6.30. The van der Waals surface area contributed by atoms with Gasteiger partial charge in [0.05, 0.1) is 13.2 Å². The van der Waals surface area contributed by atoms with Crippen LogP contribution in [0.2, 0.25) is 0 Å². The van der Waals surface area contributed by atoms with Gasteiger partial charge in [-0.15, -0.1) is 0 Å². The average molecular weight is 228 g/mol. The van der Waals surface area contributed by atoms with Crippen LogP contribution in [0.3, 0.4) is 0 Å². The number of hydrogen-bond donors (Lipinski definition) is 0. The highest BCUT2D eigenvalue weighted by atomic mass is 32.5. The zero-order chi connectivity index (χ0) is 10.3. The van der Waals surface area contributed by atoms with E-state index in [1.807, 2.05) is 0 Å². The number of rotatable bonds is 5. The van der Waals surface area contributed by atoms with E-state index in [-0.39, 0.29) is 6.61 Å². The molecule has 0 aliphatic heterocycles. The van der Waals surface area contributed by atoms with E-state index in [0.717, 1.165) is 0 Å². The first-order valence-electron chi connectivity index (χ1n) is 3.74. The summed E-state index contributed by atoms with van der Waals surface area (Å²) in [6.45, 7) is 1.02. The van der Waals surface area contributed by atoms with Crippen molar-refractivity contribution in [3.63, 3.8) is 0 Å². The summed E-state index contributed by atoms with van der Waals surface area (Å²) in [6.07, 6.45) is -0.860. The van der Waals surface area contributed by atoms with Gasteiger partial charge in [-0.3, -0.25) is 4.52 Å². The van der Waals surface area contributed by atoms with Crippen LogP contribution in [0.5, 0.6) is 0 Å². The van der Waals surface area contributed by atoms with Crippen LogP contribution < -0.4 is 0 Å². The third-order valence-electron chi connectivity index (χ3n) is 0.959. The van der Waals surface area contributed by atoms with Gasteiger partial charge in [0.15, 0.2) is 0 Å². The van der Waals surface area contributed by atoms with Crippen LogP contribution in [-0.2, 0) is 30.1 Å². The topological polar surface area (TPSA) is 54.0 Å². The van der Waals surface area contributed by atoms with E-state index < -0.39 is 12.9 Å². The molecule has 78 valence electrons. The van der Waals surface area contributed by atoms with Crippen LogP contribution in [-0.4, -0.2) is 26.5 Å². The lowest BCUT2D eigenvalue weighted by Crippen LogP contribution is -2.07. The molecule has 0 saturated heterocycles. The Morgan fingerprint density at radius 2 is 2.00 bits per heavy atom. The molecule has 0 rings (SSSR count). The molecule has 0 spiro atoms. The molecule has 0 aromatic heterocycles. The maximum Gasteiger partial charge on any atom is 0.514 e. The van der Waals surface area contributed by atoms with E-state index in [4.69, 9.17) is 20.9 Å². The van der Waals surface area contributed by atoms with E-state index in [1.165, 1.54) is 7.11 Å². The molecule has 0 aromatic carbocycles. The molecule has 13 heavy (non-hydrogen) atoms. The minimum Gasteiger partial charge on any atom is -0.434 e. The molecule has 0 saturated carbocycles. The number of carbonyl (C=O) groups excluding carboxylic acids is 1. The molecule has 5 nitrogen and oxygen atoms in total. The summed E-state index contributed by atoms with van der Waals surface area (Å²) < 4.78 is 19.0. The normalized spacial score (nSPS) is 14.7. The summed E-state index contributed by atoms with van der Waals surface area (Å²) in [7, 11) is 1.33. The lowest BCUT2D eigenvalue weighted by molar-refractivity contribution is 0.0910.